The monoisotopic (exact) mass is 198 g/mol. The standard InChI is InChI=1S/C11H12F2O/c1-7-3-4-9(11(12)13)6-10(7)5-8(2)14/h3-4,6,11H,5H2,1-2H3. The van der Waals surface area contributed by atoms with Crippen LogP contribution in [0.15, 0.2) is 18.2 Å². The molecule has 76 valence electrons. The zero-order valence-corrected chi connectivity index (χ0v) is 8.18. The Hall–Kier alpha value is -1.25. The molecule has 0 saturated heterocycles. The number of hydrogen-bond acceptors (Lipinski definition) is 1. The molecule has 0 radical (unpaired) electrons. The third-order valence-electron chi connectivity index (χ3n) is 2.06. The molecule has 1 aromatic carbocycles. The van der Waals surface area contributed by atoms with Crippen LogP contribution in [0.2, 0.25) is 0 Å². The maximum absolute atomic E-state index is 12.3. The first-order chi connectivity index (χ1) is 6.50. The summed E-state index contributed by atoms with van der Waals surface area (Å²) in [6, 6.07) is 4.42. The predicted octanol–water partition coefficient (Wildman–Crippen LogP) is 3.06. The number of Topliss-reactive ketones (excluding diaryl/α,β-unsaturated/α-hetero) is 1. The molecule has 0 aliphatic heterocycles. The van der Waals surface area contributed by atoms with E-state index in [-0.39, 0.29) is 17.8 Å². The van der Waals surface area contributed by atoms with E-state index in [9.17, 15) is 13.6 Å². The van der Waals surface area contributed by atoms with Crippen LogP contribution >= 0.6 is 0 Å². The second-order valence-electron chi connectivity index (χ2n) is 3.37. The second-order valence-corrected chi connectivity index (χ2v) is 3.37. The quantitative estimate of drug-likeness (QED) is 0.729. The first kappa shape index (κ1) is 10.8. The van der Waals surface area contributed by atoms with E-state index in [1.54, 1.807) is 6.07 Å². The van der Waals surface area contributed by atoms with Gasteiger partial charge in [-0.25, -0.2) is 8.78 Å². The molecule has 0 bridgehead atoms. The number of hydrogen-bond donors (Lipinski definition) is 0. The molecule has 3 heteroatoms. The van der Waals surface area contributed by atoms with Gasteiger partial charge >= 0.3 is 0 Å². The van der Waals surface area contributed by atoms with Gasteiger partial charge in [0.15, 0.2) is 0 Å². The van der Waals surface area contributed by atoms with Crippen molar-refractivity contribution in [2.24, 2.45) is 0 Å². The minimum absolute atomic E-state index is 0.0143. The summed E-state index contributed by atoms with van der Waals surface area (Å²) in [6.07, 6.45) is -2.24. The summed E-state index contributed by atoms with van der Waals surface area (Å²) >= 11 is 0. The van der Waals surface area contributed by atoms with E-state index in [1.807, 2.05) is 6.92 Å². The number of rotatable bonds is 3. The van der Waals surface area contributed by atoms with E-state index in [4.69, 9.17) is 0 Å². The summed E-state index contributed by atoms with van der Waals surface area (Å²) in [5.74, 6) is -0.0143. The molecule has 0 saturated carbocycles. The van der Waals surface area contributed by atoms with Gasteiger partial charge in [0.2, 0.25) is 0 Å². The Bertz CT molecular complexity index is 345. The van der Waals surface area contributed by atoms with Crippen LogP contribution in [-0.2, 0) is 11.2 Å². The minimum Gasteiger partial charge on any atom is -0.300 e. The second kappa shape index (κ2) is 4.31. The van der Waals surface area contributed by atoms with E-state index in [0.717, 1.165) is 5.56 Å². The van der Waals surface area contributed by atoms with Gasteiger partial charge < -0.3 is 0 Å². The van der Waals surface area contributed by atoms with Crippen molar-refractivity contribution in [1.82, 2.24) is 0 Å². The molecular weight excluding hydrogens is 186 g/mol. The van der Waals surface area contributed by atoms with Crippen LogP contribution in [0.4, 0.5) is 8.78 Å². The van der Waals surface area contributed by atoms with Crippen LogP contribution in [0.5, 0.6) is 0 Å². The van der Waals surface area contributed by atoms with Crippen LogP contribution in [0.3, 0.4) is 0 Å². The van der Waals surface area contributed by atoms with E-state index < -0.39 is 6.43 Å². The molecule has 1 nitrogen and oxygen atoms in total. The molecule has 0 unspecified atom stereocenters. The fraction of sp³-hybridized carbons (Fsp3) is 0.364. The predicted molar refractivity (Wildman–Crippen MR) is 50.5 cm³/mol. The summed E-state index contributed by atoms with van der Waals surface area (Å²) in [5, 5.41) is 0. The maximum atomic E-state index is 12.3. The molecule has 1 rings (SSSR count). The summed E-state index contributed by atoms with van der Waals surface area (Å²) in [7, 11) is 0. The van der Waals surface area contributed by atoms with Gasteiger partial charge in [-0.15, -0.1) is 0 Å². The summed E-state index contributed by atoms with van der Waals surface area (Å²) in [4.78, 5) is 10.9. The van der Waals surface area contributed by atoms with Crippen LogP contribution < -0.4 is 0 Å². The van der Waals surface area contributed by atoms with Crippen LogP contribution in [0.1, 0.15) is 30.0 Å². The Morgan fingerprint density at radius 3 is 2.57 bits per heavy atom. The SMILES string of the molecule is CC(=O)Cc1cc(C(F)F)ccc1C. The normalized spacial score (nSPS) is 10.6. The average Bonchev–Trinajstić information content (AvgIpc) is 2.07. The van der Waals surface area contributed by atoms with Gasteiger partial charge in [-0.2, -0.15) is 0 Å². The fourth-order valence-corrected chi connectivity index (χ4v) is 1.29. The van der Waals surface area contributed by atoms with E-state index in [2.05, 4.69) is 0 Å². The third-order valence-corrected chi connectivity index (χ3v) is 2.06. The number of ketones is 1. The van der Waals surface area contributed by atoms with Gasteiger partial charge in [-0.05, 0) is 31.0 Å². The molecule has 0 amide bonds. The summed E-state index contributed by atoms with van der Waals surface area (Å²) < 4.78 is 24.7. The van der Waals surface area contributed by atoms with Crippen molar-refractivity contribution in [1.29, 1.82) is 0 Å². The lowest BCUT2D eigenvalue weighted by Crippen LogP contribution is -2.00. The van der Waals surface area contributed by atoms with Gasteiger partial charge in [0.05, 0.1) is 0 Å². The molecule has 0 spiro atoms. The van der Waals surface area contributed by atoms with Crippen molar-refractivity contribution >= 4 is 5.78 Å². The van der Waals surface area contributed by atoms with Gasteiger partial charge in [0.25, 0.3) is 6.43 Å². The summed E-state index contributed by atoms with van der Waals surface area (Å²) in [5.41, 5.74) is 1.55. The average molecular weight is 198 g/mol. The van der Waals surface area contributed by atoms with Gasteiger partial charge in [-0.3, -0.25) is 4.79 Å². The lowest BCUT2D eigenvalue weighted by Gasteiger charge is -2.06. The van der Waals surface area contributed by atoms with Crippen molar-refractivity contribution in [2.45, 2.75) is 26.7 Å². The number of carbonyl (C=O) groups is 1. The fourth-order valence-electron chi connectivity index (χ4n) is 1.29. The topological polar surface area (TPSA) is 17.1 Å². The maximum Gasteiger partial charge on any atom is 0.263 e. The zero-order chi connectivity index (χ0) is 10.7. The number of aryl methyl sites for hydroxylation is 1. The van der Waals surface area contributed by atoms with E-state index >= 15 is 0 Å². The Morgan fingerprint density at radius 1 is 1.43 bits per heavy atom. The van der Waals surface area contributed by atoms with Crippen molar-refractivity contribution in [3.8, 4) is 0 Å². The largest absolute Gasteiger partial charge is 0.300 e. The van der Waals surface area contributed by atoms with Crippen LogP contribution in [0.25, 0.3) is 0 Å². The molecule has 0 N–H and O–H groups in total. The van der Waals surface area contributed by atoms with Crippen molar-refractivity contribution in [3.63, 3.8) is 0 Å². The molecular formula is C11H12F2O. The van der Waals surface area contributed by atoms with Crippen LogP contribution in [-0.4, -0.2) is 5.78 Å². The summed E-state index contributed by atoms with van der Waals surface area (Å²) in [6.45, 7) is 3.27. The highest BCUT2D eigenvalue weighted by Crippen LogP contribution is 2.21. The van der Waals surface area contributed by atoms with Gasteiger partial charge in [0, 0.05) is 12.0 Å². The highest BCUT2D eigenvalue weighted by molar-refractivity contribution is 5.78. The third kappa shape index (κ3) is 2.62. The number of halogens is 2. The Morgan fingerprint density at radius 2 is 2.07 bits per heavy atom. The highest BCUT2D eigenvalue weighted by Gasteiger charge is 2.09. The van der Waals surface area contributed by atoms with Crippen molar-refractivity contribution in [3.05, 3.63) is 34.9 Å². The van der Waals surface area contributed by atoms with Gasteiger partial charge in [-0.1, -0.05) is 12.1 Å². The lowest BCUT2D eigenvalue weighted by atomic mass is 10.0. The first-order valence-corrected chi connectivity index (χ1v) is 4.37. The molecule has 0 aromatic heterocycles. The Balaban J connectivity index is 3.02. The molecule has 0 heterocycles. The lowest BCUT2D eigenvalue weighted by molar-refractivity contribution is -0.116. The van der Waals surface area contributed by atoms with E-state index in [1.165, 1.54) is 19.1 Å². The van der Waals surface area contributed by atoms with Crippen molar-refractivity contribution < 1.29 is 13.6 Å². The van der Waals surface area contributed by atoms with Crippen molar-refractivity contribution in [2.75, 3.05) is 0 Å². The smallest absolute Gasteiger partial charge is 0.263 e. The van der Waals surface area contributed by atoms with Gasteiger partial charge in [0.1, 0.15) is 5.78 Å². The molecule has 0 atom stereocenters. The first-order valence-electron chi connectivity index (χ1n) is 4.37. The van der Waals surface area contributed by atoms with E-state index in [0.29, 0.717) is 5.56 Å². The Kier molecular flexibility index (Phi) is 3.33. The highest BCUT2D eigenvalue weighted by atomic mass is 19.3. The molecule has 0 fully saturated rings. The van der Waals surface area contributed by atoms with Crippen LogP contribution in [0, 0.1) is 6.92 Å². The minimum atomic E-state index is -2.47. The zero-order valence-electron chi connectivity index (χ0n) is 8.18. The number of benzene rings is 1. The molecule has 0 aliphatic carbocycles. The number of carbonyl (C=O) groups excluding carboxylic acids is 1. The number of alkyl halides is 2. The molecule has 1 aromatic rings. The molecule has 14 heavy (non-hydrogen) atoms. The Labute approximate surface area is 81.7 Å². The molecule has 0 aliphatic rings.